The molecule has 0 aliphatic heterocycles. The molecule has 23 heavy (non-hydrogen) atoms. The first kappa shape index (κ1) is 16.8. The van der Waals surface area contributed by atoms with Crippen LogP contribution in [0.4, 0.5) is 5.69 Å². The molecule has 0 unspecified atom stereocenters. The van der Waals surface area contributed by atoms with Crippen LogP contribution in [0.2, 0.25) is 5.02 Å². The highest BCUT2D eigenvalue weighted by Gasteiger charge is 2.10. The molecule has 2 aromatic carbocycles. The van der Waals surface area contributed by atoms with E-state index in [0.717, 1.165) is 5.56 Å². The smallest absolute Gasteiger partial charge is 0.252 e. The summed E-state index contributed by atoms with van der Waals surface area (Å²) in [5.41, 5.74) is 1.61. The number of carbonyl (C=O) groups is 2. The number of phenols is 1. The van der Waals surface area contributed by atoms with Gasteiger partial charge in [0, 0.05) is 13.0 Å². The van der Waals surface area contributed by atoms with Crippen molar-refractivity contribution in [2.75, 3.05) is 11.9 Å². The number of hydrogen-bond acceptors (Lipinski definition) is 3. The van der Waals surface area contributed by atoms with Gasteiger partial charge in [-0.05, 0) is 36.8 Å². The molecule has 2 aromatic rings. The summed E-state index contributed by atoms with van der Waals surface area (Å²) < 4.78 is 0. The predicted molar refractivity (Wildman–Crippen MR) is 89.9 cm³/mol. The second kappa shape index (κ2) is 7.65. The number of aromatic hydroxyl groups is 1. The Hall–Kier alpha value is -2.53. The largest absolute Gasteiger partial charge is 0.506 e. The maximum Gasteiger partial charge on any atom is 0.252 e. The lowest BCUT2D eigenvalue weighted by atomic mass is 10.2. The molecule has 0 aliphatic carbocycles. The molecule has 0 atom stereocenters. The van der Waals surface area contributed by atoms with E-state index in [0.29, 0.717) is 16.3 Å². The third-order valence-electron chi connectivity index (χ3n) is 3.18. The van der Waals surface area contributed by atoms with E-state index in [-0.39, 0.29) is 30.5 Å². The standard InChI is InChI=1S/C17H17ClN2O3/c1-11-6-7-14(15(21)10-11)20-16(22)8-9-19-17(23)12-4-2-3-5-13(12)18/h2-7,10,21H,8-9H2,1H3,(H,19,23)(H,20,22). The number of benzene rings is 2. The van der Waals surface area contributed by atoms with Gasteiger partial charge < -0.3 is 15.7 Å². The van der Waals surface area contributed by atoms with Gasteiger partial charge in [0.25, 0.3) is 5.91 Å². The fourth-order valence-corrected chi connectivity index (χ4v) is 2.21. The van der Waals surface area contributed by atoms with Gasteiger partial charge in [0.05, 0.1) is 16.3 Å². The number of halogens is 1. The molecule has 0 aromatic heterocycles. The van der Waals surface area contributed by atoms with Gasteiger partial charge in [-0.3, -0.25) is 9.59 Å². The Kier molecular flexibility index (Phi) is 5.60. The Labute approximate surface area is 139 Å². The van der Waals surface area contributed by atoms with E-state index in [9.17, 15) is 14.7 Å². The van der Waals surface area contributed by atoms with Crippen molar-refractivity contribution in [1.29, 1.82) is 0 Å². The van der Waals surface area contributed by atoms with Crippen LogP contribution in [0.15, 0.2) is 42.5 Å². The maximum absolute atomic E-state index is 11.9. The van der Waals surface area contributed by atoms with E-state index in [2.05, 4.69) is 10.6 Å². The molecule has 0 aliphatic rings. The molecule has 3 N–H and O–H groups in total. The minimum absolute atomic E-state index is 0.0125. The van der Waals surface area contributed by atoms with Gasteiger partial charge in [-0.15, -0.1) is 0 Å². The Morgan fingerprint density at radius 1 is 1.17 bits per heavy atom. The number of nitrogens with one attached hydrogen (secondary N) is 2. The fourth-order valence-electron chi connectivity index (χ4n) is 1.99. The van der Waals surface area contributed by atoms with Crippen molar-refractivity contribution in [1.82, 2.24) is 5.32 Å². The van der Waals surface area contributed by atoms with Gasteiger partial charge in [0.1, 0.15) is 5.75 Å². The molecular formula is C17H17ClN2O3. The number of aryl methyl sites for hydroxylation is 1. The van der Waals surface area contributed by atoms with E-state index in [4.69, 9.17) is 11.6 Å². The number of amides is 2. The van der Waals surface area contributed by atoms with Crippen LogP contribution in [0.5, 0.6) is 5.75 Å². The van der Waals surface area contributed by atoms with Crippen LogP contribution in [0.3, 0.4) is 0 Å². The van der Waals surface area contributed by atoms with E-state index in [1.54, 1.807) is 42.5 Å². The Bertz CT molecular complexity index is 732. The van der Waals surface area contributed by atoms with Crippen LogP contribution in [0.25, 0.3) is 0 Å². The van der Waals surface area contributed by atoms with Crippen molar-refractivity contribution in [2.45, 2.75) is 13.3 Å². The predicted octanol–water partition coefficient (Wildman–Crippen LogP) is 3.11. The highest BCUT2D eigenvalue weighted by Crippen LogP contribution is 2.23. The zero-order valence-electron chi connectivity index (χ0n) is 12.6. The van der Waals surface area contributed by atoms with E-state index in [1.165, 1.54) is 0 Å². The topological polar surface area (TPSA) is 78.4 Å². The van der Waals surface area contributed by atoms with Gasteiger partial charge >= 0.3 is 0 Å². The molecular weight excluding hydrogens is 316 g/mol. The molecule has 0 fully saturated rings. The van der Waals surface area contributed by atoms with Crippen LogP contribution < -0.4 is 10.6 Å². The molecule has 0 saturated heterocycles. The van der Waals surface area contributed by atoms with Crippen molar-refractivity contribution in [3.8, 4) is 5.75 Å². The van der Waals surface area contributed by atoms with Crippen molar-refractivity contribution in [3.05, 3.63) is 58.6 Å². The first-order chi connectivity index (χ1) is 11.0. The molecule has 0 bridgehead atoms. The molecule has 0 heterocycles. The first-order valence-electron chi connectivity index (χ1n) is 7.09. The Morgan fingerprint density at radius 3 is 2.61 bits per heavy atom. The van der Waals surface area contributed by atoms with Crippen molar-refractivity contribution >= 4 is 29.1 Å². The molecule has 0 saturated carbocycles. The van der Waals surface area contributed by atoms with Gasteiger partial charge in [0.2, 0.25) is 5.91 Å². The summed E-state index contributed by atoms with van der Waals surface area (Å²) >= 11 is 5.93. The Morgan fingerprint density at radius 2 is 1.91 bits per heavy atom. The van der Waals surface area contributed by atoms with E-state index >= 15 is 0 Å². The summed E-state index contributed by atoms with van der Waals surface area (Å²) in [5.74, 6) is -0.622. The summed E-state index contributed by atoms with van der Waals surface area (Å²) in [6.07, 6.45) is 0.0868. The monoisotopic (exact) mass is 332 g/mol. The van der Waals surface area contributed by atoms with Crippen LogP contribution in [-0.2, 0) is 4.79 Å². The number of carbonyl (C=O) groups excluding carboxylic acids is 2. The zero-order chi connectivity index (χ0) is 16.8. The number of anilines is 1. The van der Waals surface area contributed by atoms with Crippen molar-refractivity contribution in [2.24, 2.45) is 0 Å². The lowest BCUT2D eigenvalue weighted by Crippen LogP contribution is -2.27. The average Bonchev–Trinajstić information content (AvgIpc) is 2.50. The van der Waals surface area contributed by atoms with Gasteiger partial charge in [-0.25, -0.2) is 0 Å². The normalized spacial score (nSPS) is 10.2. The quantitative estimate of drug-likeness (QED) is 0.736. The van der Waals surface area contributed by atoms with Crippen molar-refractivity contribution < 1.29 is 14.7 Å². The van der Waals surface area contributed by atoms with Gasteiger partial charge in [0.15, 0.2) is 0 Å². The number of phenolic OH excluding ortho intramolecular Hbond substituents is 1. The average molecular weight is 333 g/mol. The number of rotatable bonds is 5. The molecule has 2 amide bonds. The van der Waals surface area contributed by atoms with Crippen LogP contribution in [0, 0.1) is 6.92 Å². The molecule has 0 spiro atoms. The van der Waals surface area contributed by atoms with E-state index < -0.39 is 0 Å². The lowest BCUT2D eigenvalue weighted by Gasteiger charge is -2.09. The minimum Gasteiger partial charge on any atom is -0.506 e. The minimum atomic E-state index is -0.332. The van der Waals surface area contributed by atoms with Crippen LogP contribution >= 0.6 is 11.6 Å². The van der Waals surface area contributed by atoms with Gasteiger partial charge in [-0.2, -0.15) is 0 Å². The maximum atomic E-state index is 11.9. The van der Waals surface area contributed by atoms with Crippen molar-refractivity contribution in [3.63, 3.8) is 0 Å². The molecule has 0 radical (unpaired) electrons. The molecule has 5 nitrogen and oxygen atoms in total. The van der Waals surface area contributed by atoms with Gasteiger partial charge in [-0.1, -0.05) is 29.8 Å². The van der Waals surface area contributed by atoms with Crippen LogP contribution in [0.1, 0.15) is 22.3 Å². The first-order valence-corrected chi connectivity index (χ1v) is 7.47. The lowest BCUT2D eigenvalue weighted by molar-refractivity contribution is -0.116. The second-order valence-corrected chi connectivity index (χ2v) is 5.46. The highest BCUT2D eigenvalue weighted by molar-refractivity contribution is 6.33. The summed E-state index contributed by atoms with van der Waals surface area (Å²) in [6, 6.07) is 11.7. The summed E-state index contributed by atoms with van der Waals surface area (Å²) in [5, 5.41) is 15.3. The third kappa shape index (κ3) is 4.72. The molecule has 120 valence electrons. The summed E-state index contributed by atoms with van der Waals surface area (Å²) in [6.45, 7) is 2.01. The fraction of sp³-hybridized carbons (Fsp3) is 0.176. The summed E-state index contributed by atoms with van der Waals surface area (Å²) in [4.78, 5) is 23.8. The SMILES string of the molecule is Cc1ccc(NC(=O)CCNC(=O)c2ccccc2Cl)c(O)c1. The zero-order valence-corrected chi connectivity index (χ0v) is 13.4. The van der Waals surface area contributed by atoms with E-state index in [1.807, 2.05) is 6.92 Å². The molecule has 6 heteroatoms. The molecule has 2 rings (SSSR count). The second-order valence-electron chi connectivity index (χ2n) is 5.05. The van der Waals surface area contributed by atoms with Crippen LogP contribution in [-0.4, -0.2) is 23.5 Å². The highest BCUT2D eigenvalue weighted by atomic mass is 35.5. The number of hydrogen-bond donors (Lipinski definition) is 3. The summed E-state index contributed by atoms with van der Waals surface area (Å²) in [7, 11) is 0. The Balaban J connectivity index is 1.83. The third-order valence-corrected chi connectivity index (χ3v) is 3.51.